The number of hydrogen-bond donors (Lipinski definition) is 4. The molecule has 14 rings (SSSR count). The third-order valence-corrected chi connectivity index (χ3v) is 14.2. The largest absolute Gasteiger partial charge is 0.505 e. The number of para-hydroxylation sites is 5. The van der Waals surface area contributed by atoms with Crippen LogP contribution < -0.4 is 34.4 Å². The number of aliphatic hydroxyl groups is 1. The Balaban J connectivity index is 0.000000118. The predicted molar refractivity (Wildman–Crippen MR) is 323 cm³/mol. The van der Waals surface area contributed by atoms with Gasteiger partial charge in [0.2, 0.25) is 17.3 Å². The number of ether oxygens (including phenoxy) is 5. The normalized spacial score (nSPS) is 15.1. The molecule has 0 bridgehead atoms. The molecular weight excluding hydrogens is 1130 g/mol. The number of amides is 1. The third-order valence-electron chi connectivity index (χ3n) is 13.6. The Morgan fingerprint density at radius 3 is 1.69 bits per heavy atom. The molecule has 1 amide bonds. The van der Waals surface area contributed by atoms with Crippen LogP contribution in [0.3, 0.4) is 0 Å². The molecule has 0 spiro atoms. The Morgan fingerprint density at radius 2 is 1.11 bits per heavy atom. The molecular formula is C67H45Cl2N3O13. The fourth-order valence-corrected chi connectivity index (χ4v) is 10.0. The summed E-state index contributed by atoms with van der Waals surface area (Å²) in [5, 5.41) is 23.5. The number of pyridine rings is 1. The molecule has 0 radical (unpaired) electrons. The van der Waals surface area contributed by atoms with Crippen molar-refractivity contribution in [2.45, 2.75) is 6.61 Å². The van der Waals surface area contributed by atoms with Gasteiger partial charge in [-0.2, -0.15) is 0 Å². The van der Waals surface area contributed by atoms with Gasteiger partial charge in [0.05, 0.1) is 64.1 Å². The minimum absolute atomic E-state index is 0.0640. The summed E-state index contributed by atoms with van der Waals surface area (Å²) in [6, 6.07) is 46.4. The number of phenolic OH excluding ortho intramolecular Hbond substituents is 1. The van der Waals surface area contributed by atoms with Crippen LogP contribution in [0.5, 0.6) is 34.5 Å². The number of H-pyrrole nitrogens is 1. The van der Waals surface area contributed by atoms with Crippen molar-refractivity contribution in [1.82, 2.24) is 9.97 Å². The minimum atomic E-state index is -0.237. The topological polar surface area (TPSA) is 226 Å². The molecule has 0 saturated heterocycles. The average molecular weight is 1170 g/mol. The van der Waals surface area contributed by atoms with Crippen molar-refractivity contribution in [2.75, 3.05) is 19.5 Å². The number of phenols is 1. The van der Waals surface area contributed by atoms with Crippen LogP contribution in [0.1, 0.15) is 64.5 Å². The van der Waals surface area contributed by atoms with Gasteiger partial charge < -0.3 is 48.6 Å². The highest BCUT2D eigenvalue weighted by atomic mass is 35.5. The molecule has 10 aromatic rings. The van der Waals surface area contributed by atoms with Crippen LogP contribution >= 0.6 is 23.2 Å². The van der Waals surface area contributed by atoms with E-state index in [4.69, 9.17) is 51.3 Å². The molecule has 0 fully saturated rings. The number of anilines is 1. The summed E-state index contributed by atoms with van der Waals surface area (Å²) in [7, 11) is 3.03. The number of allylic oxidation sites excluding steroid dienone is 3. The number of fused-ring (bicyclic) bond motifs is 6. The number of hydrogen-bond acceptors (Lipinski definition) is 14. The van der Waals surface area contributed by atoms with Crippen molar-refractivity contribution in [1.29, 1.82) is 0 Å². The van der Waals surface area contributed by atoms with E-state index in [-0.39, 0.29) is 68.2 Å². The number of carbonyl (C=O) groups is 4. The van der Waals surface area contributed by atoms with Gasteiger partial charge in [-0.3, -0.25) is 24.0 Å². The third kappa shape index (κ3) is 11.6. The van der Waals surface area contributed by atoms with E-state index in [1.54, 1.807) is 121 Å². The number of rotatable bonds is 7. The Hall–Kier alpha value is -10.8. The van der Waals surface area contributed by atoms with Crippen LogP contribution in [-0.2, 0) is 11.4 Å². The molecule has 4 N–H and O–H groups in total. The molecule has 0 aliphatic carbocycles. The average Bonchev–Trinajstić information content (AvgIpc) is 4.51. The van der Waals surface area contributed by atoms with Gasteiger partial charge in [0.25, 0.3) is 5.91 Å². The zero-order valence-corrected chi connectivity index (χ0v) is 46.4. The van der Waals surface area contributed by atoms with E-state index in [0.29, 0.717) is 90.2 Å². The number of nitrogens with zero attached hydrogens (tertiary/aromatic N) is 1. The lowest BCUT2D eigenvalue weighted by Gasteiger charge is -2.12. The maximum Gasteiger partial charge on any atom is 0.257 e. The molecule has 0 unspecified atom stereocenters. The lowest BCUT2D eigenvalue weighted by molar-refractivity contribution is -0.110. The van der Waals surface area contributed by atoms with Crippen molar-refractivity contribution in [3.8, 4) is 34.5 Å². The fourth-order valence-electron chi connectivity index (χ4n) is 9.51. The fraction of sp³-hybridized carbons (Fsp3) is 0.0448. The monoisotopic (exact) mass is 1170 g/mol. The Morgan fingerprint density at radius 1 is 0.576 bits per heavy atom. The van der Waals surface area contributed by atoms with Crippen LogP contribution in [0.15, 0.2) is 203 Å². The van der Waals surface area contributed by atoms with Gasteiger partial charge in [0, 0.05) is 40.0 Å². The van der Waals surface area contributed by atoms with Gasteiger partial charge in [0.1, 0.15) is 34.9 Å². The van der Waals surface area contributed by atoms with Crippen molar-refractivity contribution < 1.29 is 57.5 Å². The SMILES string of the molecule is COc1cc(/C=C2\Oc3ccccc3C2=O)cc(CO)c1OC.O=C1/C(=C\c2c[nH]c3ccccc23)Oc2ccccc21.O=C1/C(=C\c2coc3ccccc3c2=O)Oc2ccccc21.O=C1Nc2ncccc2C1=Cc1cc(Cl)c(O)c(Cl)c1. The molecule has 85 heavy (non-hydrogen) atoms. The van der Waals surface area contributed by atoms with Crippen molar-refractivity contribution >= 4 is 104 Å². The zero-order valence-electron chi connectivity index (χ0n) is 44.8. The van der Waals surface area contributed by atoms with Crippen molar-refractivity contribution in [3.63, 3.8) is 0 Å². The minimum Gasteiger partial charge on any atom is -0.505 e. The Kier molecular flexibility index (Phi) is 16.1. The van der Waals surface area contributed by atoms with Crippen LogP contribution in [0.2, 0.25) is 10.0 Å². The maximum atomic E-state index is 12.4. The Labute approximate surface area is 493 Å². The molecule has 4 aliphatic rings. The molecule has 18 heteroatoms. The summed E-state index contributed by atoms with van der Waals surface area (Å²) in [5.41, 5.74) is 7.35. The number of halogens is 2. The van der Waals surface area contributed by atoms with Gasteiger partial charge in [-0.05, 0) is 126 Å². The quantitative estimate of drug-likeness (QED) is 0.109. The van der Waals surface area contributed by atoms with Crippen LogP contribution in [-0.4, -0.2) is 57.7 Å². The van der Waals surface area contributed by atoms with Crippen molar-refractivity contribution in [2.24, 2.45) is 0 Å². The molecule has 16 nitrogen and oxygen atoms in total. The van der Waals surface area contributed by atoms with Gasteiger partial charge in [0.15, 0.2) is 40.0 Å². The first-order valence-electron chi connectivity index (χ1n) is 26.0. The zero-order chi connectivity index (χ0) is 59.3. The number of aliphatic hydroxyl groups excluding tert-OH is 1. The second kappa shape index (κ2) is 24.4. The smallest absolute Gasteiger partial charge is 0.257 e. The predicted octanol–water partition coefficient (Wildman–Crippen LogP) is 13.6. The van der Waals surface area contributed by atoms with Gasteiger partial charge in [-0.1, -0.05) is 89.9 Å². The second-order valence-corrected chi connectivity index (χ2v) is 19.7. The lowest BCUT2D eigenvalue weighted by Crippen LogP contribution is -2.07. The number of benzene rings is 7. The highest BCUT2D eigenvalue weighted by molar-refractivity contribution is 6.38. The Bertz CT molecular complexity index is 4510. The molecule has 4 aliphatic heterocycles. The van der Waals surface area contributed by atoms with Gasteiger partial charge in [-0.25, -0.2) is 4.98 Å². The number of nitrogens with one attached hydrogen (secondary N) is 2. The summed E-state index contributed by atoms with van der Waals surface area (Å²) >= 11 is 11.7. The summed E-state index contributed by atoms with van der Waals surface area (Å²) in [6.07, 6.45) is 11.3. The number of aromatic amines is 1. The van der Waals surface area contributed by atoms with E-state index in [0.717, 1.165) is 22.0 Å². The maximum absolute atomic E-state index is 12.4. The number of carbonyl (C=O) groups excluding carboxylic acids is 4. The molecule has 0 atom stereocenters. The lowest BCUT2D eigenvalue weighted by atomic mass is 10.1. The van der Waals surface area contributed by atoms with Crippen molar-refractivity contribution in [3.05, 3.63) is 264 Å². The number of methoxy groups -OCH3 is 2. The van der Waals surface area contributed by atoms with E-state index in [1.807, 2.05) is 54.7 Å². The molecule has 7 heterocycles. The van der Waals surface area contributed by atoms with Gasteiger partial charge >= 0.3 is 0 Å². The summed E-state index contributed by atoms with van der Waals surface area (Å²) in [6.45, 7) is -0.203. The number of aromatic nitrogens is 2. The number of Topliss-reactive ketones (excluding diaryl/α,β-unsaturated/α-hetero) is 3. The van der Waals surface area contributed by atoms with Gasteiger partial charge in [-0.15, -0.1) is 0 Å². The second-order valence-electron chi connectivity index (χ2n) is 18.9. The molecule has 3 aromatic heterocycles. The van der Waals surface area contributed by atoms with E-state index in [1.165, 1.54) is 38.7 Å². The van der Waals surface area contributed by atoms with E-state index in [2.05, 4.69) is 15.3 Å². The van der Waals surface area contributed by atoms with E-state index >= 15 is 0 Å². The first-order chi connectivity index (χ1) is 41.3. The van der Waals surface area contributed by atoms with E-state index in [9.17, 15) is 34.2 Å². The molecule has 420 valence electrons. The highest BCUT2D eigenvalue weighted by Crippen LogP contribution is 2.39. The van der Waals surface area contributed by atoms with Crippen LogP contribution in [0, 0.1) is 0 Å². The van der Waals surface area contributed by atoms with Crippen LogP contribution in [0.4, 0.5) is 5.82 Å². The summed E-state index contributed by atoms with van der Waals surface area (Å²) in [5.74, 6) is 3.02. The first-order valence-corrected chi connectivity index (χ1v) is 26.7. The first kappa shape index (κ1) is 56.1. The summed E-state index contributed by atoms with van der Waals surface area (Å²) < 4.78 is 32.7. The van der Waals surface area contributed by atoms with Crippen LogP contribution in [0.25, 0.3) is 51.7 Å². The summed E-state index contributed by atoms with van der Waals surface area (Å²) in [4.78, 5) is 68.5. The molecule has 0 saturated carbocycles. The number of aromatic hydroxyl groups is 1. The molecule has 7 aromatic carbocycles. The standard InChI is InChI=1S/C18H16O5.C18H10O4.C17H11NO2.C14H8Cl2N2O2/c1-21-16-9-11(7-12(10-19)18(16)22-2)8-15-17(20)13-5-3-4-6-14(13)23-15;19-17-11(10-21-14-7-3-1-5-12(14)17)9-16-18(20)13-6-2-4-8-15(13)22-16;19-17-13-6-2-4-8-15(13)20-16(17)9-11-10-18-14-7-3-1-5-12(11)14;15-10-5-7(6-11(16)12(10)19)4-9-8-2-1-3-17-13(8)18-14(9)20/h3-9,19H,10H2,1-2H3;1-10H;1-10,18H;1-6,19H,(H,17,18,20)/b15-8-;2*16-9+;. The van der Waals surface area contributed by atoms with E-state index < -0.39 is 0 Å². The number of ketones is 3. The highest BCUT2D eigenvalue weighted by Gasteiger charge is 2.30.